The van der Waals surface area contributed by atoms with Gasteiger partial charge in [0.05, 0.1) is 29.6 Å². The van der Waals surface area contributed by atoms with Gasteiger partial charge in [-0.15, -0.1) is 0 Å². The predicted octanol–water partition coefficient (Wildman–Crippen LogP) is -0.102. The average Bonchev–Trinajstić information content (AvgIpc) is 3.31. The van der Waals surface area contributed by atoms with E-state index in [9.17, 15) is 15.1 Å². The van der Waals surface area contributed by atoms with Crippen LogP contribution in [-0.4, -0.2) is 48.2 Å². The number of allylic oxidation sites excluding steroid dienone is 3. The Balaban J connectivity index is 3.13. The molecule has 0 heterocycles. The van der Waals surface area contributed by atoms with Crippen molar-refractivity contribution < 1.29 is 20.6 Å². The maximum atomic E-state index is 11.0. The van der Waals surface area contributed by atoms with Crippen LogP contribution in [0, 0.1) is 5.92 Å². The third-order valence-corrected chi connectivity index (χ3v) is 3.53. The molecule has 6 heteroatoms. The third kappa shape index (κ3) is 5.14. The first kappa shape index (κ1) is 18.2. The summed E-state index contributed by atoms with van der Waals surface area (Å²) < 4.78 is 0. The summed E-state index contributed by atoms with van der Waals surface area (Å²) in [7, 11) is 3.73. The van der Waals surface area contributed by atoms with E-state index in [0.717, 1.165) is 24.0 Å². The molecule has 22 heavy (non-hydrogen) atoms. The van der Waals surface area contributed by atoms with E-state index in [1.807, 2.05) is 19.0 Å². The molecule has 1 unspecified atom stereocenters. The molecule has 122 valence electrons. The number of nitrogens with zero attached hydrogens (tertiary/aromatic N) is 1. The molecule has 0 amide bonds. The van der Waals surface area contributed by atoms with Crippen molar-refractivity contribution in [1.82, 2.24) is 10.2 Å². The Hall–Kier alpha value is -1.89. The van der Waals surface area contributed by atoms with Crippen LogP contribution in [0.4, 0.5) is 0 Å². The number of likely N-dealkylation sites (N-methyl/N-ethyl adjacent to an activating group) is 1. The Morgan fingerprint density at radius 1 is 1.45 bits per heavy atom. The summed E-state index contributed by atoms with van der Waals surface area (Å²) in [5.41, 5.74) is 2.93. The van der Waals surface area contributed by atoms with Crippen molar-refractivity contribution in [2.45, 2.75) is 18.9 Å². The molecular weight excluding hydrogens is 282 g/mol. The summed E-state index contributed by atoms with van der Waals surface area (Å²) in [6.45, 7) is 3.69. The standard InChI is InChI=1S/C16H25N3O3/c1-4-5-16(19(2)3)13(10-17-22)14(8-9-20)18-15(11-21)12-6-7-12/h4-5,8-10,12,15,17-18,21-22H,1,6-7,11H2,2-3H3/p+1/b13-10-,14-8+,16-5+. The van der Waals surface area contributed by atoms with Crippen molar-refractivity contribution in [3.63, 3.8) is 0 Å². The Labute approximate surface area is 131 Å². The van der Waals surface area contributed by atoms with Gasteiger partial charge in [0.1, 0.15) is 12.5 Å². The summed E-state index contributed by atoms with van der Waals surface area (Å²) in [5, 5.41) is 21.9. The summed E-state index contributed by atoms with van der Waals surface area (Å²) in [5.74, 6) is 0.422. The first-order valence-electron chi connectivity index (χ1n) is 7.30. The second-order valence-corrected chi connectivity index (χ2v) is 5.40. The minimum absolute atomic E-state index is 0.000542. The number of nitrogens with two attached hydrogens (primary N) is 1. The van der Waals surface area contributed by atoms with Gasteiger partial charge in [0, 0.05) is 20.2 Å². The third-order valence-electron chi connectivity index (χ3n) is 3.53. The zero-order valence-electron chi connectivity index (χ0n) is 13.2. The molecule has 5 N–H and O–H groups in total. The van der Waals surface area contributed by atoms with Gasteiger partial charge >= 0.3 is 0 Å². The van der Waals surface area contributed by atoms with E-state index >= 15 is 0 Å². The quantitative estimate of drug-likeness (QED) is 0.196. The number of rotatable bonds is 10. The lowest BCUT2D eigenvalue weighted by atomic mass is 10.1. The first-order valence-corrected chi connectivity index (χ1v) is 7.30. The van der Waals surface area contributed by atoms with Gasteiger partial charge in [-0.05, 0) is 24.8 Å². The maximum absolute atomic E-state index is 11.0. The molecule has 0 aliphatic heterocycles. The smallest absolute Gasteiger partial charge is 0.144 e. The molecule has 0 aromatic rings. The fourth-order valence-corrected chi connectivity index (χ4v) is 2.27. The first-order chi connectivity index (χ1) is 10.6. The Kier molecular flexibility index (Phi) is 7.59. The van der Waals surface area contributed by atoms with Crippen molar-refractivity contribution >= 4 is 6.29 Å². The number of aldehydes is 1. The van der Waals surface area contributed by atoms with Gasteiger partial charge in [0.2, 0.25) is 0 Å². The minimum Gasteiger partial charge on any atom is -0.394 e. The normalized spacial score (nSPS) is 17.9. The molecule has 6 nitrogen and oxygen atoms in total. The molecule has 1 fully saturated rings. The van der Waals surface area contributed by atoms with Crippen LogP contribution in [0.5, 0.6) is 0 Å². The van der Waals surface area contributed by atoms with Gasteiger partial charge in [-0.2, -0.15) is 5.48 Å². The fourth-order valence-electron chi connectivity index (χ4n) is 2.27. The highest BCUT2D eigenvalue weighted by Gasteiger charge is 2.31. The minimum atomic E-state index is -0.0968. The van der Waals surface area contributed by atoms with Gasteiger partial charge in [-0.1, -0.05) is 12.7 Å². The molecule has 0 aromatic carbocycles. The largest absolute Gasteiger partial charge is 0.394 e. The van der Waals surface area contributed by atoms with Gasteiger partial charge in [-0.3, -0.25) is 4.79 Å². The number of hydroxylamine groups is 1. The van der Waals surface area contributed by atoms with Crippen LogP contribution in [0.25, 0.3) is 0 Å². The monoisotopic (exact) mass is 308 g/mol. The number of aliphatic hydroxyl groups excluding tert-OH is 1. The molecule has 0 radical (unpaired) electrons. The number of carbonyl (C=O) groups excluding carboxylic acids is 1. The highest BCUT2D eigenvalue weighted by Crippen LogP contribution is 2.33. The number of hydrogen-bond acceptors (Lipinski definition) is 5. The lowest BCUT2D eigenvalue weighted by Crippen LogP contribution is -2.74. The van der Waals surface area contributed by atoms with E-state index in [1.165, 1.54) is 12.3 Å². The van der Waals surface area contributed by atoms with Crippen molar-refractivity contribution in [2.24, 2.45) is 5.92 Å². The van der Waals surface area contributed by atoms with E-state index in [2.05, 4.69) is 11.9 Å². The van der Waals surface area contributed by atoms with Crippen LogP contribution in [0.3, 0.4) is 0 Å². The second kappa shape index (κ2) is 9.19. The topological polar surface area (TPSA) is 89.4 Å². The summed E-state index contributed by atoms with van der Waals surface area (Å²) in [6, 6.07) is -0.0968. The molecule has 0 bridgehead atoms. The second-order valence-electron chi connectivity index (χ2n) is 5.40. The summed E-state index contributed by atoms with van der Waals surface area (Å²) in [6.07, 6.45) is 9.18. The molecule has 1 rings (SSSR count). The average molecular weight is 308 g/mol. The fraction of sp³-hybridized carbons (Fsp3) is 0.438. The Morgan fingerprint density at radius 2 is 2.14 bits per heavy atom. The number of quaternary nitrogens is 1. The molecule has 1 aliphatic carbocycles. The van der Waals surface area contributed by atoms with Gasteiger partial charge < -0.3 is 15.3 Å². The lowest BCUT2D eigenvalue weighted by molar-refractivity contribution is -0.838. The van der Waals surface area contributed by atoms with Crippen molar-refractivity contribution in [3.8, 4) is 0 Å². The van der Waals surface area contributed by atoms with E-state index < -0.39 is 0 Å². The predicted molar refractivity (Wildman–Crippen MR) is 84.6 cm³/mol. The molecule has 0 aromatic heterocycles. The molecule has 0 spiro atoms. The van der Waals surface area contributed by atoms with Crippen LogP contribution in [0.15, 0.2) is 48.0 Å². The van der Waals surface area contributed by atoms with Gasteiger partial charge in [0.15, 0.2) is 0 Å². The van der Waals surface area contributed by atoms with Crippen LogP contribution >= 0.6 is 0 Å². The lowest BCUT2D eigenvalue weighted by Gasteiger charge is -2.24. The highest BCUT2D eigenvalue weighted by atomic mass is 16.5. The van der Waals surface area contributed by atoms with E-state index in [0.29, 0.717) is 23.5 Å². The van der Waals surface area contributed by atoms with E-state index in [1.54, 1.807) is 12.2 Å². The summed E-state index contributed by atoms with van der Waals surface area (Å²) in [4.78, 5) is 12.9. The molecule has 1 atom stereocenters. The van der Waals surface area contributed by atoms with Gasteiger partial charge in [0.25, 0.3) is 0 Å². The molecular formula is C16H26N3O3+. The molecule has 1 saturated carbocycles. The Bertz CT molecular complexity index is 477. The van der Waals surface area contributed by atoms with Crippen molar-refractivity contribution in [2.75, 3.05) is 20.7 Å². The maximum Gasteiger partial charge on any atom is 0.144 e. The van der Waals surface area contributed by atoms with E-state index in [-0.39, 0.29) is 12.6 Å². The van der Waals surface area contributed by atoms with Crippen LogP contribution in [0.1, 0.15) is 12.8 Å². The SMILES string of the molecule is C=C\C=C(C(=C\[NH2+]O)/C(=C\C=O)NC(CO)C1CC1)\N(C)C. The number of carbonyl (C=O) groups is 1. The zero-order chi connectivity index (χ0) is 16.5. The van der Waals surface area contributed by atoms with Crippen LogP contribution < -0.4 is 10.8 Å². The highest BCUT2D eigenvalue weighted by molar-refractivity contribution is 5.69. The van der Waals surface area contributed by atoms with Crippen LogP contribution in [-0.2, 0) is 4.79 Å². The van der Waals surface area contributed by atoms with E-state index in [4.69, 9.17) is 0 Å². The van der Waals surface area contributed by atoms with Crippen molar-refractivity contribution in [3.05, 3.63) is 48.0 Å². The molecule has 0 saturated heterocycles. The van der Waals surface area contributed by atoms with Gasteiger partial charge in [-0.25, -0.2) is 5.21 Å². The zero-order valence-corrected chi connectivity index (χ0v) is 13.2. The van der Waals surface area contributed by atoms with Crippen molar-refractivity contribution in [1.29, 1.82) is 0 Å². The number of nitrogens with one attached hydrogen (secondary N) is 1. The number of aliphatic hydroxyl groups is 1. The van der Waals surface area contributed by atoms with Crippen LogP contribution in [0.2, 0.25) is 0 Å². The summed E-state index contributed by atoms with van der Waals surface area (Å²) >= 11 is 0. The number of hydrogen-bond donors (Lipinski definition) is 4. The molecule has 1 aliphatic rings. The Morgan fingerprint density at radius 3 is 2.55 bits per heavy atom.